The molecule has 2 aliphatic heterocycles. The molecule has 7 heteroatoms. The summed E-state index contributed by atoms with van der Waals surface area (Å²) in [4.78, 5) is 12.3. The fraction of sp³-hybridized carbons (Fsp3) is 0.923. The number of nitrogens with one attached hydrogen (secondary N) is 1. The molecule has 20 heavy (non-hydrogen) atoms. The minimum absolute atomic E-state index is 0.0502. The quantitative estimate of drug-likeness (QED) is 0.820. The predicted octanol–water partition coefficient (Wildman–Crippen LogP) is 0.484. The van der Waals surface area contributed by atoms with Crippen LogP contribution in [0.2, 0.25) is 0 Å². The van der Waals surface area contributed by atoms with Crippen LogP contribution in [0.25, 0.3) is 0 Å². The number of hydrogen-bond acceptors (Lipinski definition) is 4. The van der Waals surface area contributed by atoms with Crippen LogP contribution >= 0.6 is 0 Å². The summed E-state index contributed by atoms with van der Waals surface area (Å²) >= 11 is 0. The molecule has 2 rings (SSSR count). The number of carbonyl (C=O) groups is 1. The summed E-state index contributed by atoms with van der Waals surface area (Å²) < 4.78 is 30.4. The van der Waals surface area contributed by atoms with Crippen molar-refractivity contribution in [1.82, 2.24) is 9.62 Å². The van der Waals surface area contributed by atoms with E-state index in [4.69, 9.17) is 4.74 Å². The highest BCUT2D eigenvalue weighted by Crippen LogP contribution is 2.21. The van der Waals surface area contributed by atoms with E-state index in [1.54, 1.807) is 0 Å². The average Bonchev–Trinajstić information content (AvgIpc) is 2.91. The maximum atomic E-state index is 12.3. The minimum atomic E-state index is -3.33. The predicted molar refractivity (Wildman–Crippen MR) is 75.8 cm³/mol. The zero-order chi connectivity index (χ0) is 14.8. The lowest BCUT2D eigenvalue weighted by Crippen LogP contribution is -2.54. The third-order valence-electron chi connectivity index (χ3n) is 4.07. The molecule has 0 aromatic heterocycles. The molecule has 0 aliphatic carbocycles. The fourth-order valence-electron chi connectivity index (χ4n) is 2.97. The summed E-state index contributed by atoms with van der Waals surface area (Å²) in [6, 6.07) is -0.643. The molecule has 2 fully saturated rings. The summed E-state index contributed by atoms with van der Waals surface area (Å²) in [5, 5.41) is 2.92. The Balaban J connectivity index is 1.98. The van der Waals surface area contributed by atoms with Gasteiger partial charge in [0.15, 0.2) is 0 Å². The first-order valence-electron chi connectivity index (χ1n) is 7.28. The topological polar surface area (TPSA) is 75.7 Å². The van der Waals surface area contributed by atoms with Crippen molar-refractivity contribution < 1.29 is 17.9 Å². The second-order valence-electron chi connectivity index (χ2n) is 5.73. The second kappa shape index (κ2) is 6.41. The van der Waals surface area contributed by atoms with Crippen LogP contribution in [-0.4, -0.2) is 56.2 Å². The molecule has 1 N–H and O–H groups in total. The van der Waals surface area contributed by atoms with Crippen molar-refractivity contribution in [3.63, 3.8) is 0 Å². The van der Waals surface area contributed by atoms with Gasteiger partial charge in [0.05, 0.1) is 18.4 Å². The van der Waals surface area contributed by atoms with Gasteiger partial charge in [-0.3, -0.25) is 4.79 Å². The molecule has 3 atom stereocenters. The highest BCUT2D eigenvalue weighted by Gasteiger charge is 2.35. The lowest BCUT2D eigenvalue weighted by atomic mass is 10.0. The summed E-state index contributed by atoms with van der Waals surface area (Å²) in [7, 11) is -3.33. The van der Waals surface area contributed by atoms with Crippen molar-refractivity contribution in [2.24, 2.45) is 0 Å². The van der Waals surface area contributed by atoms with E-state index in [1.807, 2.05) is 6.92 Å². The van der Waals surface area contributed by atoms with E-state index in [0.717, 1.165) is 32.3 Å². The van der Waals surface area contributed by atoms with Gasteiger partial charge in [-0.05, 0) is 32.6 Å². The van der Waals surface area contributed by atoms with Crippen molar-refractivity contribution in [1.29, 1.82) is 0 Å². The number of rotatable bonds is 4. The zero-order valence-corrected chi connectivity index (χ0v) is 13.0. The smallest absolute Gasteiger partial charge is 0.238 e. The van der Waals surface area contributed by atoms with Gasteiger partial charge in [0.2, 0.25) is 15.9 Å². The first-order chi connectivity index (χ1) is 9.39. The largest absolute Gasteiger partial charge is 0.376 e. The van der Waals surface area contributed by atoms with Gasteiger partial charge < -0.3 is 10.1 Å². The molecule has 2 aliphatic rings. The standard InChI is InChI=1S/C13H24N2O4S/c1-10(12-7-5-9-19-12)14-13(16)11-6-3-4-8-15(11)20(2,17)18/h10-12H,3-9H2,1-2H3,(H,14,16)/t10-,11-,12-/m0/s1. The van der Waals surface area contributed by atoms with Gasteiger partial charge in [-0.15, -0.1) is 0 Å². The first-order valence-corrected chi connectivity index (χ1v) is 9.13. The Hall–Kier alpha value is -0.660. The molecule has 0 radical (unpaired) electrons. The summed E-state index contributed by atoms with van der Waals surface area (Å²) in [6.07, 6.45) is 5.48. The molecule has 0 spiro atoms. The molecule has 2 heterocycles. The highest BCUT2D eigenvalue weighted by molar-refractivity contribution is 7.88. The zero-order valence-electron chi connectivity index (χ0n) is 12.2. The molecule has 116 valence electrons. The van der Waals surface area contributed by atoms with Crippen LogP contribution in [0.1, 0.15) is 39.0 Å². The number of ether oxygens (including phenoxy) is 1. The first kappa shape index (κ1) is 15.7. The van der Waals surface area contributed by atoms with Crippen molar-refractivity contribution in [2.45, 2.75) is 57.2 Å². The maximum absolute atomic E-state index is 12.3. The molecule has 1 amide bonds. The fourth-order valence-corrected chi connectivity index (χ4v) is 4.10. The Kier molecular flexibility index (Phi) is 5.04. The Morgan fingerprint density at radius 1 is 1.30 bits per heavy atom. The van der Waals surface area contributed by atoms with Gasteiger partial charge in [-0.25, -0.2) is 8.42 Å². The molecule has 0 aromatic carbocycles. The van der Waals surface area contributed by atoms with E-state index >= 15 is 0 Å². The lowest BCUT2D eigenvalue weighted by Gasteiger charge is -2.33. The number of piperidine rings is 1. The summed E-state index contributed by atoms with van der Waals surface area (Å²) in [5.74, 6) is -0.196. The number of carbonyl (C=O) groups excluding carboxylic acids is 1. The lowest BCUT2D eigenvalue weighted by molar-refractivity contribution is -0.127. The second-order valence-corrected chi connectivity index (χ2v) is 7.67. The molecule has 6 nitrogen and oxygen atoms in total. The van der Waals surface area contributed by atoms with Crippen LogP contribution in [0.3, 0.4) is 0 Å². The third-order valence-corrected chi connectivity index (χ3v) is 5.36. The molecular weight excluding hydrogens is 280 g/mol. The number of amides is 1. The average molecular weight is 304 g/mol. The van der Waals surface area contributed by atoms with Crippen LogP contribution in [0, 0.1) is 0 Å². The van der Waals surface area contributed by atoms with Crippen LogP contribution in [0.5, 0.6) is 0 Å². The van der Waals surface area contributed by atoms with E-state index in [2.05, 4.69) is 5.32 Å². The minimum Gasteiger partial charge on any atom is -0.376 e. The maximum Gasteiger partial charge on any atom is 0.238 e. The van der Waals surface area contributed by atoms with Gasteiger partial charge in [-0.2, -0.15) is 4.31 Å². The van der Waals surface area contributed by atoms with E-state index < -0.39 is 16.1 Å². The Morgan fingerprint density at radius 3 is 2.65 bits per heavy atom. The normalized spacial score (nSPS) is 30.1. The molecular formula is C13H24N2O4S. The van der Waals surface area contributed by atoms with Gasteiger partial charge >= 0.3 is 0 Å². The van der Waals surface area contributed by atoms with Gasteiger partial charge in [0.1, 0.15) is 6.04 Å². The number of nitrogens with zero attached hydrogens (tertiary/aromatic N) is 1. The van der Waals surface area contributed by atoms with Crippen LogP contribution in [0.15, 0.2) is 0 Å². The van der Waals surface area contributed by atoms with Crippen molar-refractivity contribution in [3.8, 4) is 0 Å². The Labute approximate surface area is 120 Å². The van der Waals surface area contributed by atoms with Crippen LogP contribution in [-0.2, 0) is 19.6 Å². The van der Waals surface area contributed by atoms with Crippen LogP contribution in [0.4, 0.5) is 0 Å². The van der Waals surface area contributed by atoms with E-state index in [9.17, 15) is 13.2 Å². The van der Waals surface area contributed by atoms with Gasteiger partial charge in [0.25, 0.3) is 0 Å². The Morgan fingerprint density at radius 2 is 2.05 bits per heavy atom. The van der Waals surface area contributed by atoms with Gasteiger partial charge in [-0.1, -0.05) is 6.42 Å². The van der Waals surface area contributed by atoms with Crippen LogP contribution < -0.4 is 5.32 Å². The van der Waals surface area contributed by atoms with E-state index in [1.165, 1.54) is 10.6 Å². The Bertz CT molecular complexity index is 445. The van der Waals surface area contributed by atoms with Crippen molar-refractivity contribution in [2.75, 3.05) is 19.4 Å². The SMILES string of the molecule is C[C@H](NC(=O)[C@@H]1CCCCN1S(C)(=O)=O)[C@@H]1CCCO1. The monoisotopic (exact) mass is 304 g/mol. The van der Waals surface area contributed by atoms with Crippen molar-refractivity contribution in [3.05, 3.63) is 0 Å². The van der Waals surface area contributed by atoms with Gasteiger partial charge in [0, 0.05) is 13.2 Å². The summed E-state index contributed by atoms with van der Waals surface area (Å²) in [5.41, 5.74) is 0. The van der Waals surface area contributed by atoms with Crippen molar-refractivity contribution >= 4 is 15.9 Å². The van der Waals surface area contributed by atoms with E-state index in [-0.39, 0.29) is 18.1 Å². The molecule has 0 bridgehead atoms. The highest BCUT2D eigenvalue weighted by atomic mass is 32.2. The van der Waals surface area contributed by atoms with E-state index in [0.29, 0.717) is 13.0 Å². The molecule has 0 saturated carbocycles. The summed E-state index contributed by atoms with van der Waals surface area (Å²) in [6.45, 7) is 3.09. The number of hydrogen-bond donors (Lipinski definition) is 1. The molecule has 0 unspecified atom stereocenters. The number of sulfonamides is 1. The molecule has 2 saturated heterocycles. The third kappa shape index (κ3) is 3.71. The molecule has 0 aromatic rings.